The van der Waals surface area contributed by atoms with Crippen LogP contribution < -0.4 is 4.90 Å². The summed E-state index contributed by atoms with van der Waals surface area (Å²) in [7, 11) is 0. The summed E-state index contributed by atoms with van der Waals surface area (Å²) < 4.78 is 2.39. The summed E-state index contributed by atoms with van der Waals surface area (Å²) in [5.41, 5.74) is 14.3. The molecule has 60 heavy (non-hydrogen) atoms. The molecule has 4 nitrogen and oxygen atoms in total. The van der Waals surface area contributed by atoms with E-state index in [0.717, 1.165) is 50.1 Å². The van der Waals surface area contributed by atoms with Crippen molar-refractivity contribution in [3.63, 3.8) is 0 Å². The number of hydrogen-bond donors (Lipinski definition) is 0. The van der Waals surface area contributed by atoms with E-state index in [2.05, 4.69) is 224 Å². The molecule has 2 aromatic heterocycles. The van der Waals surface area contributed by atoms with Gasteiger partial charge in [-0.05, 0) is 106 Å². The van der Waals surface area contributed by atoms with Crippen molar-refractivity contribution in [2.45, 2.75) is 26.2 Å². The first-order chi connectivity index (χ1) is 29.4. The molecule has 0 aliphatic rings. The van der Waals surface area contributed by atoms with Gasteiger partial charge >= 0.3 is 0 Å². The van der Waals surface area contributed by atoms with Crippen molar-refractivity contribution >= 4 is 71.4 Å². The van der Waals surface area contributed by atoms with Crippen LogP contribution in [-0.4, -0.2) is 14.5 Å². The summed E-state index contributed by atoms with van der Waals surface area (Å²) in [6, 6.07) is 69.8. The number of fused-ring (bicyclic) bond motifs is 9. The van der Waals surface area contributed by atoms with Gasteiger partial charge in [0.25, 0.3) is 0 Å². The predicted molar refractivity (Wildman–Crippen MR) is 253 cm³/mol. The van der Waals surface area contributed by atoms with Crippen molar-refractivity contribution in [3.8, 4) is 28.1 Å². The maximum atomic E-state index is 5.24. The van der Waals surface area contributed by atoms with E-state index in [1.807, 2.05) is 6.20 Å². The van der Waals surface area contributed by atoms with Gasteiger partial charge in [0.2, 0.25) is 0 Å². The summed E-state index contributed by atoms with van der Waals surface area (Å²) >= 11 is 0. The summed E-state index contributed by atoms with van der Waals surface area (Å²) in [4.78, 5) is 12.6. The third-order valence-electron chi connectivity index (χ3n) is 12.0. The summed E-state index contributed by atoms with van der Waals surface area (Å²) in [6.45, 7) is 6.85. The van der Waals surface area contributed by atoms with Gasteiger partial charge in [-0.25, -0.2) is 4.98 Å². The number of aromatic nitrogens is 3. The average Bonchev–Trinajstić information content (AvgIpc) is 3.63. The van der Waals surface area contributed by atoms with Gasteiger partial charge in [-0.2, -0.15) is 0 Å². The van der Waals surface area contributed by atoms with Crippen molar-refractivity contribution in [1.82, 2.24) is 14.5 Å². The second kappa shape index (κ2) is 14.1. The number of hydrogen-bond acceptors (Lipinski definition) is 3. The zero-order valence-electron chi connectivity index (χ0n) is 33.8. The Bertz CT molecular complexity index is 3340. The molecule has 0 aliphatic heterocycles. The molecular weight excluding hydrogens is 729 g/mol. The van der Waals surface area contributed by atoms with Gasteiger partial charge in [0.1, 0.15) is 0 Å². The lowest BCUT2D eigenvalue weighted by molar-refractivity contribution is 0.591. The lowest BCUT2D eigenvalue weighted by atomic mass is 9.86. The van der Waals surface area contributed by atoms with Crippen LogP contribution in [0.4, 0.5) is 17.1 Å². The first kappa shape index (κ1) is 35.6. The number of para-hydroxylation sites is 2. The Labute approximate surface area is 349 Å². The molecule has 11 aromatic rings. The van der Waals surface area contributed by atoms with Gasteiger partial charge in [0.05, 0.1) is 34.0 Å². The molecule has 0 saturated heterocycles. The quantitative estimate of drug-likeness (QED) is 0.158. The Balaban J connectivity index is 0.965. The van der Waals surface area contributed by atoms with Gasteiger partial charge in [0, 0.05) is 49.9 Å². The Hall–Kier alpha value is -7.56. The van der Waals surface area contributed by atoms with Crippen LogP contribution in [0.1, 0.15) is 26.3 Å². The van der Waals surface area contributed by atoms with Crippen LogP contribution in [0.15, 0.2) is 200 Å². The molecule has 0 fully saturated rings. The van der Waals surface area contributed by atoms with Crippen molar-refractivity contribution in [3.05, 3.63) is 206 Å². The van der Waals surface area contributed by atoms with E-state index in [1.54, 1.807) is 0 Å². The standard InChI is InChI=1S/C56H42N4/c1-56(2,3)40-27-33-53-50(35-40)49-34-39(26-32-52(49)60(53)42-16-8-5-9-17-42)37-22-28-43(29-23-37)59(41-14-6-4-7-15-41)44-30-24-38(25-31-44)51-36-57-54-47-20-12-10-18-45(47)46-19-11-13-21-48(46)55(54)58-51/h4-36H,1-3H3. The number of rotatable bonds is 6. The first-order valence-corrected chi connectivity index (χ1v) is 20.7. The monoisotopic (exact) mass is 770 g/mol. The number of nitrogens with zero attached hydrogens (tertiary/aromatic N) is 4. The molecule has 2 heterocycles. The Morgan fingerprint density at radius 2 is 0.917 bits per heavy atom. The highest BCUT2D eigenvalue weighted by atomic mass is 15.1. The zero-order valence-corrected chi connectivity index (χ0v) is 33.8. The molecule has 4 heteroatoms. The van der Waals surface area contributed by atoms with Crippen molar-refractivity contribution in [2.75, 3.05) is 4.90 Å². The van der Waals surface area contributed by atoms with Gasteiger partial charge in [-0.15, -0.1) is 0 Å². The SMILES string of the molecule is CC(C)(C)c1ccc2c(c1)c1cc(-c3ccc(N(c4ccccc4)c4ccc(-c5cnc6c7ccccc7c7ccccc7c6n5)cc4)cc3)ccc1n2-c1ccccc1. The lowest BCUT2D eigenvalue weighted by Gasteiger charge is -2.26. The van der Waals surface area contributed by atoms with Crippen LogP contribution >= 0.6 is 0 Å². The van der Waals surface area contributed by atoms with Crippen molar-refractivity contribution in [2.24, 2.45) is 0 Å². The molecule has 11 rings (SSSR count). The highest BCUT2D eigenvalue weighted by molar-refractivity contribution is 6.23. The minimum absolute atomic E-state index is 0.0450. The normalized spacial score (nSPS) is 11.9. The van der Waals surface area contributed by atoms with E-state index in [4.69, 9.17) is 9.97 Å². The second-order valence-electron chi connectivity index (χ2n) is 16.7. The van der Waals surface area contributed by atoms with E-state index in [1.165, 1.54) is 55.0 Å². The van der Waals surface area contributed by atoms with E-state index in [0.29, 0.717) is 0 Å². The molecule has 0 spiro atoms. The minimum atomic E-state index is 0.0450. The Morgan fingerprint density at radius 1 is 0.417 bits per heavy atom. The zero-order chi connectivity index (χ0) is 40.4. The average molecular weight is 771 g/mol. The number of benzene rings is 9. The fraction of sp³-hybridized carbons (Fsp3) is 0.0714. The highest BCUT2D eigenvalue weighted by Crippen LogP contribution is 2.40. The molecule has 0 unspecified atom stereocenters. The number of anilines is 3. The van der Waals surface area contributed by atoms with Crippen LogP contribution in [0.5, 0.6) is 0 Å². The van der Waals surface area contributed by atoms with E-state index in [-0.39, 0.29) is 5.41 Å². The largest absolute Gasteiger partial charge is 0.311 e. The second-order valence-corrected chi connectivity index (χ2v) is 16.7. The first-order valence-electron chi connectivity index (χ1n) is 20.7. The summed E-state index contributed by atoms with van der Waals surface area (Å²) in [5.74, 6) is 0. The lowest BCUT2D eigenvalue weighted by Crippen LogP contribution is -2.10. The van der Waals surface area contributed by atoms with E-state index < -0.39 is 0 Å². The maximum absolute atomic E-state index is 5.24. The maximum Gasteiger partial charge on any atom is 0.0979 e. The topological polar surface area (TPSA) is 34.0 Å². The van der Waals surface area contributed by atoms with Gasteiger partial charge in [0.15, 0.2) is 0 Å². The van der Waals surface area contributed by atoms with Gasteiger partial charge < -0.3 is 9.47 Å². The van der Waals surface area contributed by atoms with Gasteiger partial charge in [-0.3, -0.25) is 4.98 Å². The van der Waals surface area contributed by atoms with Crippen LogP contribution in [0.2, 0.25) is 0 Å². The fourth-order valence-corrected chi connectivity index (χ4v) is 8.90. The van der Waals surface area contributed by atoms with E-state index in [9.17, 15) is 0 Å². The Kier molecular flexibility index (Phi) is 8.35. The van der Waals surface area contributed by atoms with Crippen LogP contribution in [0.25, 0.3) is 82.5 Å². The summed E-state index contributed by atoms with van der Waals surface area (Å²) in [5, 5.41) is 7.15. The molecule has 0 saturated carbocycles. The van der Waals surface area contributed by atoms with E-state index >= 15 is 0 Å². The molecular formula is C56H42N4. The molecule has 286 valence electrons. The molecule has 0 bridgehead atoms. The molecule has 0 amide bonds. The fourth-order valence-electron chi connectivity index (χ4n) is 8.90. The summed E-state index contributed by atoms with van der Waals surface area (Å²) in [6.07, 6.45) is 1.91. The van der Waals surface area contributed by atoms with Crippen LogP contribution in [0.3, 0.4) is 0 Å². The van der Waals surface area contributed by atoms with Crippen molar-refractivity contribution < 1.29 is 0 Å². The molecule has 9 aromatic carbocycles. The van der Waals surface area contributed by atoms with Crippen LogP contribution in [-0.2, 0) is 5.41 Å². The smallest absolute Gasteiger partial charge is 0.0979 e. The third kappa shape index (κ3) is 5.99. The highest BCUT2D eigenvalue weighted by Gasteiger charge is 2.20. The van der Waals surface area contributed by atoms with Crippen molar-refractivity contribution in [1.29, 1.82) is 0 Å². The molecule has 0 N–H and O–H groups in total. The predicted octanol–water partition coefficient (Wildman–Crippen LogP) is 15.1. The molecule has 0 radical (unpaired) electrons. The van der Waals surface area contributed by atoms with Crippen LogP contribution in [0, 0.1) is 0 Å². The van der Waals surface area contributed by atoms with Gasteiger partial charge in [-0.1, -0.05) is 142 Å². The molecule has 0 atom stereocenters. The third-order valence-corrected chi connectivity index (χ3v) is 12.0. The molecule has 0 aliphatic carbocycles. The Morgan fingerprint density at radius 3 is 1.55 bits per heavy atom. The minimum Gasteiger partial charge on any atom is -0.311 e.